The van der Waals surface area contributed by atoms with Gasteiger partial charge in [0.15, 0.2) is 0 Å². The van der Waals surface area contributed by atoms with E-state index in [1.54, 1.807) is 26.2 Å². The first-order valence-corrected chi connectivity index (χ1v) is 8.27. The number of nitrogens with zero attached hydrogens (tertiary/aromatic N) is 2. The smallest absolute Gasteiger partial charge is 0.265 e. The van der Waals surface area contributed by atoms with Gasteiger partial charge < -0.3 is 0 Å². The molecule has 2 aromatic rings. The lowest BCUT2D eigenvalue weighted by Crippen LogP contribution is -2.27. The van der Waals surface area contributed by atoms with Crippen LogP contribution in [0.1, 0.15) is 30.9 Å². The standard InChI is InChI=1S/C16H20N2O2S/c1-12(2)14-5-7-15(8-6-14)18(4)21(19,20)16-11-17-10-9-13(16)3/h5-12H,1-4H3. The van der Waals surface area contributed by atoms with E-state index >= 15 is 0 Å². The lowest BCUT2D eigenvalue weighted by atomic mass is 10.0. The maximum absolute atomic E-state index is 12.7. The van der Waals surface area contributed by atoms with Gasteiger partial charge in [0.05, 0.1) is 5.69 Å². The number of anilines is 1. The van der Waals surface area contributed by atoms with Crippen LogP contribution in [0.3, 0.4) is 0 Å². The summed E-state index contributed by atoms with van der Waals surface area (Å²) in [6.07, 6.45) is 2.98. The number of aromatic nitrogens is 1. The van der Waals surface area contributed by atoms with Gasteiger partial charge in [0.25, 0.3) is 10.0 Å². The molecule has 1 heterocycles. The highest BCUT2D eigenvalue weighted by Gasteiger charge is 2.23. The zero-order valence-electron chi connectivity index (χ0n) is 12.7. The Bertz CT molecular complexity index is 722. The minimum atomic E-state index is -3.58. The van der Waals surface area contributed by atoms with E-state index in [2.05, 4.69) is 18.8 Å². The second-order valence-electron chi connectivity index (χ2n) is 5.36. The first kappa shape index (κ1) is 15.5. The molecule has 112 valence electrons. The number of pyridine rings is 1. The van der Waals surface area contributed by atoms with Crippen molar-refractivity contribution < 1.29 is 8.42 Å². The fourth-order valence-electron chi connectivity index (χ4n) is 2.08. The normalized spacial score (nSPS) is 11.7. The number of hydrogen-bond acceptors (Lipinski definition) is 3. The summed E-state index contributed by atoms with van der Waals surface area (Å²) in [5, 5.41) is 0. The summed E-state index contributed by atoms with van der Waals surface area (Å²) in [5.41, 5.74) is 2.51. The van der Waals surface area contributed by atoms with Crippen LogP contribution in [0.4, 0.5) is 5.69 Å². The van der Waals surface area contributed by atoms with Crippen LogP contribution in [0.25, 0.3) is 0 Å². The highest BCUT2D eigenvalue weighted by molar-refractivity contribution is 7.92. The molecule has 0 saturated heterocycles. The largest absolute Gasteiger partial charge is 0.269 e. The summed E-state index contributed by atoms with van der Waals surface area (Å²) in [6, 6.07) is 9.28. The van der Waals surface area contributed by atoms with Crippen LogP contribution in [0.2, 0.25) is 0 Å². The van der Waals surface area contributed by atoms with Crippen LogP contribution in [0.15, 0.2) is 47.6 Å². The summed E-state index contributed by atoms with van der Waals surface area (Å²) in [6.45, 7) is 5.98. The van der Waals surface area contributed by atoms with E-state index in [1.807, 2.05) is 24.3 Å². The minimum Gasteiger partial charge on any atom is -0.269 e. The molecule has 0 spiro atoms. The summed E-state index contributed by atoms with van der Waals surface area (Å²) in [7, 11) is -2.02. The van der Waals surface area contributed by atoms with Crippen LogP contribution in [-0.2, 0) is 10.0 Å². The van der Waals surface area contributed by atoms with Gasteiger partial charge in [0.1, 0.15) is 4.90 Å². The Hall–Kier alpha value is -1.88. The maximum Gasteiger partial charge on any atom is 0.265 e. The second-order valence-corrected chi connectivity index (χ2v) is 7.30. The molecule has 0 aliphatic heterocycles. The van der Waals surface area contributed by atoms with Crippen molar-refractivity contribution in [3.8, 4) is 0 Å². The maximum atomic E-state index is 12.7. The first-order valence-electron chi connectivity index (χ1n) is 6.83. The Morgan fingerprint density at radius 2 is 1.71 bits per heavy atom. The first-order chi connectivity index (χ1) is 9.84. The van der Waals surface area contributed by atoms with Gasteiger partial charge in [-0.05, 0) is 42.2 Å². The Balaban J connectivity index is 2.39. The van der Waals surface area contributed by atoms with Crippen molar-refractivity contribution in [2.24, 2.45) is 0 Å². The van der Waals surface area contributed by atoms with E-state index in [1.165, 1.54) is 16.1 Å². The van der Waals surface area contributed by atoms with Gasteiger partial charge in [0, 0.05) is 19.4 Å². The number of hydrogen-bond donors (Lipinski definition) is 0. The van der Waals surface area contributed by atoms with Crippen molar-refractivity contribution >= 4 is 15.7 Å². The zero-order valence-corrected chi connectivity index (χ0v) is 13.6. The van der Waals surface area contributed by atoms with Crippen LogP contribution < -0.4 is 4.31 Å². The van der Waals surface area contributed by atoms with Crippen LogP contribution >= 0.6 is 0 Å². The molecule has 0 unspecified atom stereocenters. The van der Waals surface area contributed by atoms with Gasteiger partial charge >= 0.3 is 0 Å². The number of aryl methyl sites for hydroxylation is 1. The van der Waals surface area contributed by atoms with Gasteiger partial charge in [-0.3, -0.25) is 9.29 Å². The molecule has 0 aliphatic carbocycles. The summed E-state index contributed by atoms with van der Waals surface area (Å²) >= 11 is 0. The quantitative estimate of drug-likeness (QED) is 0.870. The molecule has 1 aromatic carbocycles. The molecule has 2 rings (SSSR count). The molecule has 4 nitrogen and oxygen atoms in total. The fourth-order valence-corrected chi connectivity index (χ4v) is 3.44. The van der Waals surface area contributed by atoms with E-state index in [-0.39, 0.29) is 4.90 Å². The van der Waals surface area contributed by atoms with Crippen LogP contribution in [0, 0.1) is 6.92 Å². The van der Waals surface area contributed by atoms with Gasteiger partial charge in [-0.2, -0.15) is 0 Å². The number of sulfonamides is 1. The van der Waals surface area contributed by atoms with E-state index in [4.69, 9.17) is 0 Å². The predicted molar refractivity (Wildman–Crippen MR) is 85.1 cm³/mol. The third-order valence-corrected chi connectivity index (χ3v) is 5.47. The van der Waals surface area contributed by atoms with Gasteiger partial charge in [-0.1, -0.05) is 26.0 Å². The Morgan fingerprint density at radius 3 is 2.24 bits per heavy atom. The Kier molecular flexibility index (Phi) is 4.32. The zero-order chi connectivity index (χ0) is 15.6. The molecular formula is C16H20N2O2S. The van der Waals surface area contributed by atoms with Crippen molar-refractivity contribution in [1.29, 1.82) is 0 Å². The molecule has 0 bridgehead atoms. The number of benzene rings is 1. The van der Waals surface area contributed by atoms with E-state index in [0.717, 1.165) is 0 Å². The van der Waals surface area contributed by atoms with Gasteiger partial charge in [-0.15, -0.1) is 0 Å². The molecule has 0 radical (unpaired) electrons. The molecule has 0 N–H and O–H groups in total. The topological polar surface area (TPSA) is 50.3 Å². The lowest BCUT2D eigenvalue weighted by molar-refractivity contribution is 0.593. The molecule has 0 atom stereocenters. The van der Waals surface area contributed by atoms with Crippen molar-refractivity contribution in [3.05, 3.63) is 53.9 Å². The second kappa shape index (κ2) is 5.85. The van der Waals surface area contributed by atoms with Crippen molar-refractivity contribution in [2.45, 2.75) is 31.6 Å². The average molecular weight is 304 g/mol. The highest BCUT2D eigenvalue weighted by Crippen LogP contribution is 2.25. The monoisotopic (exact) mass is 304 g/mol. The summed E-state index contributed by atoms with van der Waals surface area (Å²) in [5.74, 6) is 0.418. The van der Waals surface area contributed by atoms with Crippen LogP contribution in [0.5, 0.6) is 0 Å². The van der Waals surface area contributed by atoms with Crippen molar-refractivity contribution in [2.75, 3.05) is 11.4 Å². The third kappa shape index (κ3) is 3.08. The summed E-state index contributed by atoms with van der Waals surface area (Å²) < 4.78 is 26.6. The van der Waals surface area contributed by atoms with Crippen LogP contribution in [-0.4, -0.2) is 20.4 Å². The third-order valence-electron chi connectivity index (χ3n) is 3.55. The van der Waals surface area contributed by atoms with E-state index in [9.17, 15) is 8.42 Å². The molecule has 0 amide bonds. The molecule has 21 heavy (non-hydrogen) atoms. The number of rotatable bonds is 4. The molecule has 1 aromatic heterocycles. The van der Waals surface area contributed by atoms with Crippen molar-refractivity contribution in [1.82, 2.24) is 4.98 Å². The Morgan fingerprint density at radius 1 is 1.10 bits per heavy atom. The molecule has 0 aliphatic rings. The van der Waals surface area contributed by atoms with Gasteiger partial charge in [-0.25, -0.2) is 8.42 Å². The predicted octanol–water partition coefficient (Wildman–Crippen LogP) is 3.34. The summed E-state index contributed by atoms with van der Waals surface area (Å²) in [4.78, 5) is 4.16. The lowest BCUT2D eigenvalue weighted by Gasteiger charge is -2.21. The molecular weight excluding hydrogens is 284 g/mol. The SMILES string of the molecule is Cc1ccncc1S(=O)(=O)N(C)c1ccc(C(C)C)cc1. The molecule has 0 saturated carbocycles. The fraction of sp³-hybridized carbons (Fsp3) is 0.312. The van der Waals surface area contributed by atoms with Crippen molar-refractivity contribution in [3.63, 3.8) is 0 Å². The van der Waals surface area contributed by atoms with E-state index < -0.39 is 10.0 Å². The highest BCUT2D eigenvalue weighted by atomic mass is 32.2. The average Bonchev–Trinajstić information content (AvgIpc) is 2.46. The minimum absolute atomic E-state index is 0.237. The molecule has 5 heteroatoms. The Labute approximate surface area is 126 Å². The van der Waals surface area contributed by atoms with Gasteiger partial charge in [0.2, 0.25) is 0 Å². The van der Waals surface area contributed by atoms with E-state index in [0.29, 0.717) is 17.2 Å². The molecule has 0 fully saturated rings.